The number of carbonyl (C=O) groups is 1. The third-order valence-corrected chi connectivity index (χ3v) is 4.95. The molecule has 1 saturated heterocycles. The van der Waals surface area contributed by atoms with Gasteiger partial charge in [0.15, 0.2) is 0 Å². The number of anilines is 1. The van der Waals surface area contributed by atoms with Gasteiger partial charge in [-0.2, -0.15) is 5.10 Å². The zero-order valence-electron chi connectivity index (χ0n) is 12.5. The van der Waals surface area contributed by atoms with Crippen molar-refractivity contribution in [2.24, 2.45) is 7.05 Å². The number of benzene rings is 1. The smallest absolute Gasteiger partial charge is 0.273 e. The molecule has 0 aliphatic carbocycles. The number of nitrogens with zero attached hydrogens (tertiary/aromatic N) is 4. The van der Waals surface area contributed by atoms with Crippen molar-refractivity contribution in [1.82, 2.24) is 14.7 Å². The van der Waals surface area contributed by atoms with Crippen molar-refractivity contribution >= 4 is 46.4 Å². The van der Waals surface area contributed by atoms with E-state index in [0.717, 1.165) is 18.8 Å². The summed E-state index contributed by atoms with van der Waals surface area (Å²) in [6, 6.07) is 5.56. The molecule has 0 atom stereocenters. The molecule has 1 amide bonds. The average Bonchev–Trinajstić information content (AvgIpc) is 2.88. The molecule has 1 aromatic heterocycles. The Bertz CT molecular complexity index is 719. The fourth-order valence-electron chi connectivity index (χ4n) is 2.65. The van der Waals surface area contributed by atoms with Crippen LogP contribution in [-0.2, 0) is 7.05 Å². The topological polar surface area (TPSA) is 41.4 Å². The molecule has 122 valence electrons. The van der Waals surface area contributed by atoms with Crippen LogP contribution in [-0.4, -0.2) is 46.8 Å². The van der Waals surface area contributed by atoms with E-state index in [1.54, 1.807) is 18.0 Å². The molecule has 23 heavy (non-hydrogen) atoms. The summed E-state index contributed by atoms with van der Waals surface area (Å²) in [5.74, 6) is -0.0937. The van der Waals surface area contributed by atoms with Gasteiger partial charge in [0.2, 0.25) is 0 Å². The van der Waals surface area contributed by atoms with Gasteiger partial charge in [0.05, 0.1) is 21.3 Å². The molecule has 0 unspecified atom stereocenters. The van der Waals surface area contributed by atoms with E-state index >= 15 is 0 Å². The maximum atomic E-state index is 12.6. The van der Waals surface area contributed by atoms with Gasteiger partial charge in [-0.05, 0) is 18.2 Å². The molecule has 0 N–H and O–H groups in total. The van der Waals surface area contributed by atoms with E-state index in [9.17, 15) is 4.79 Å². The highest BCUT2D eigenvalue weighted by Crippen LogP contribution is 2.28. The van der Waals surface area contributed by atoms with Gasteiger partial charge in [0.1, 0.15) is 5.69 Å². The fraction of sp³-hybridized carbons (Fsp3) is 0.333. The molecular formula is C15H15Cl3N4O. The predicted molar refractivity (Wildman–Crippen MR) is 92.8 cm³/mol. The third-order valence-electron chi connectivity index (χ3n) is 3.93. The number of carbonyl (C=O) groups excluding carboxylic acids is 1. The summed E-state index contributed by atoms with van der Waals surface area (Å²) in [6.45, 7) is 2.67. The summed E-state index contributed by atoms with van der Waals surface area (Å²) in [7, 11) is 1.71. The molecule has 1 aromatic carbocycles. The monoisotopic (exact) mass is 372 g/mol. The lowest BCUT2D eigenvalue weighted by atomic mass is 10.2. The summed E-state index contributed by atoms with van der Waals surface area (Å²) in [5, 5.41) is 5.46. The summed E-state index contributed by atoms with van der Waals surface area (Å²) in [6.07, 6.45) is 1.49. The predicted octanol–water partition coefficient (Wildman–Crippen LogP) is 3.34. The molecule has 0 bridgehead atoms. The van der Waals surface area contributed by atoms with E-state index in [1.165, 1.54) is 10.9 Å². The van der Waals surface area contributed by atoms with Crippen molar-refractivity contribution in [1.29, 1.82) is 0 Å². The van der Waals surface area contributed by atoms with Crippen LogP contribution >= 0.6 is 34.8 Å². The molecule has 8 heteroatoms. The molecule has 1 aliphatic heterocycles. The van der Waals surface area contributed by atoms with Crippen molar-refractivity contribution < 1.29 is 4.79 Å². The van der Waals surface area contributed by atoms with Gasteiger partial charge < -0.3 is 9.80 Å². The van der Waals surface area contributed by atoms with Crippen LogP contribution in [0.5, 0.6) is 0 Å². The van der Waals surface area contributed by atoms with Crippen molar-refractivity contribution in [2.75, 3.05) is 31.1 Å². The minimum Gasteiger partial charge on any atom is -0.368 e. The van der Waals surface area contributed by atoms with Gasteiger partial charge in [-0.3, -0.25) is 9.48 Å². The molecular weight excluding hydrogens is 359 g/mol. The number of hydrogen-bond donors (Lipinski definition) is 0. The molecule has 0 saturated carbocycles. The van der Waals surface area contributed by atoms with Gasteiger partial charge in [-0.15, -0.1) is 0 Å². The summed E-state index contributed by atoms with van der Waals surface area (Å²) in [4.78, 5) is 16.5. The lowest BCUT2D eigenvalue weighted by molar-refractivity contribution is 0.0736. The highest BCUT2D eigenvalue weighted by molar-refractivity contribution is 6.42. The van der Waals surface area contributed by atoms with Crippen LogP contribution in [0.15, 0.2) is 24.4 Å². The van der Waals surface area contributed by atoms with Gasteiger partial charge in [-0.25, -0.2) is 0 Å². The van der Waals surface area contributed by atoms with E-state index < -0.39 is 0 Å². The van der Waals surface area contributed by atoms with Crippen LogP contribution in [0, 0.1) is 0 Å². The summed E-state index contributed by atoms with van der Waals surface area (Å²) in [5.41, 5.74) is 1.43. The number of aromatic nitrogens is 2. The SMILES string of the molecule is Cn1ncc(Cl)c1C(=O)N1CCN(c2ccc(Cl)c(Cl)c2)CC1. The maximum absolute atomic E-state index is 12.6. The van der Waals surface area contributed by atoms with E-state index in [1.807, 2.05) is 12.1 Å². The van der Waals surface area contributed by atoms with Crippen LogP contribution in [0.25, 0.3) is 0 Å². The second-order valence-electron chi connectivity index (χ2n) is 5.34. The second kappa shape index (κ2) is 6.59. The average molecular weight is 374 g/mol. The van der Waals surface area contributed by atoms with Gasteiger partial charge >= 0.3 is 0 Å². The lowest BCUT2D eigenvalue weighted by Crippen LogP contribution is -2.49. The number of rotatable bonds is 2. The first-order chi connectivity index (χ1) is 11.0. The number of hydrogen-bond acceptors (Lipinski definition) is 3. The largest absolute Gasteiger partial charge is 0.368 e. The Morgan fingerprint density at radius 2 is 1.74 bits per heavy atom. The number of piperazine rings is 1. The van der Waals surface area contributed by atoms with E-state index in [-0.39, 0.29) is 5.91 Å². The highest BCUT2D eigenvalue weighted by Gasteiger charge is 2.26. The minimum absolute atomic E-state index is 0.0937. The van der Waals surface area contributed by atoms with Crippen LogP contribution in [0.3, 0.4) is 0 Å². The third kappa shape index (κ3) is 3.27. The first-order valence-electron chi connectivity index (χ1n) is 7.14. The molecule has 3 rings (SSSR count). The van der Waals surface area contributed by atoms with E-state index in [0.29, 0.717) is 33.9 Å². The van der Waals surface area contributed by atoms with Gasteiger partial charge in [-0.1, -0.05) is 34.8 Å². The van der Waals surface area contributed by atoms with Gasteiger partial charge in [0, 0.05) is 38.9 Å². The fourth-order valence-corrected chi connectivity index (χ4v) is 3.19. The number of aryl methyl sites for hydroxylation is 1. The van der Waals surface area contributed by atoms with Crippen molar-refractivity contribution in [3.8, 4) is 0 Å². The molecule has 0 radical (unpaired) electrons. The van der Waals surface area contributed by atoms with Crippen molar-refractivity contribution in [2.45, 2.75) is 0 Å². The Labute approximate surface area is 149 Å². The first kappa shape index (κ1) is 16.4. The quantitative estimate of drug-likeness (QED) is 0.811. The van der Waals surface area contributed by atoms with E-state index in [2.05, 4.69) is 10.00 Å². The minimum atomic E-state index is -0.0937. The standard InChI is InChI=1S/C15H15Cl3N4O/c1-20-14(13(18)9-19-20)15(23)22-6-4-21(5-7-22)10-2-3-11(16)12(17)8-10/h2-3,8-9H,4-7H2,1H3. The van der Waals surface area contributed by atoms with Crippen LogP contribution < -0.4 is 4.90 Å². The first-order valence-corrected chi connectivity index (χ1v) is 8.27. The van der Waals surface area contributed by atoms with Crippen LogP contribution in [0.2, 0.25) is 15.1 Å². The maximum Gasteiger partial charge on any atom is 0.273 e. The van der Waals surface area contributed by atoms with Crippen LogP contribution in [0.4, 0.5) is 5.69 Å². The molecule has 5 nitrogen and oxygen atoms in total. The second-order valence-corrected chi connectivity index (χ2v) is 6.56. The Morgan fingerprint density at radius 3 is 2.30 bits per heavy atom. The van der Waals surface area contributed by atoms with Crippen LogP contribution in [0.1, 0.15) is 10.5 Å². The Balaban J connectivity index is 1.68. The highest BCUT2D eigenvalue weighted by atomic mass is 35.5. The summed E-state index contributed by atoms with van der Waals surface area (Å²) < 4.78 is 1.51. The van der Waals surface area contributed by atoms with Gasteiger partial charge in [0.25, 0.3) is 5.91 Å². The summed E-state index contributed by atoms with van der Waals surface area (Å²) >= 11 is 18.1. The van der Waals surface area contributed by atoms with E-state index in [4.69, 9.17) is 34.8 Å². The Hall–Kier alpha value is -1.43. The van der Waals surface area contributed by atoms with Crippen molar-refractivity contribution in [3.63, 3.8) is 0 Å². The zero-order valence-corrected chi connectivity index (χ0v) is 14.7. The molecule has 2 heterocycles. The molecule has 1 aliphatic rings. The Kier molecular flexibility index (Phi) is 4.71. The number of amides is 1. The molecule has 0 spiro atoms. The molecule has 2 aromatic rings. The lowest BCUT2D eigenvalue weighted by Gasteiger charge is -2.36. The zero-order chi connectivity index (χ0) is 16.6. The molecule has 1 fully saturated rings. The van der Waals surface area contributed by atoms with Crippen molar-refractivity contribution in [3.05, 3.63) is 45.2 Å². The normalized spacial score (nSPS) is 15.1. The number of halogens is 3. The Morgan fingerprint density at radius 1 is 1.04 bits per heavy atom.